The van der Waals surface area contributed by atoms with Crippen LogP contribution >= 0.6 is 0 Å². The van der Waals surface area contributed by atoms with Crippen LogP contribution in [0.4, 0.5) is 24.8 Å². The highest BCUT2D eigenvalue weighted by molar-refractivity contribution is 6.05. The van der Waals surface area contributed by atoms with Crippen molar-refractivity contribution < 1.29 is 22.7 Å². The van der Waals surface area contributed by atoms with Gasteiger partial charge in [-0.2, -0.15) is 13.2 Å². The molecule has 8 nitrogen and oxygen atoms in total. The van der Waals surface area contributed by atoms with Gasteiger partial charge in [0.1, 0.15) is 18.9 Å². The van der Waals surface area contributed by atoms with Gasteiger partial charge in [0.25, 0.3) is 5.91 Å². The number of carbonyl (C=O) groups is 1. The molecule has 3 aromatic rings. The van der Waals surface area contributed by atoms with E-state index < -0.39 is 18.6 Å². The third-order valence-electron chi connectivity index (χ3n) is 4.18. The molecule has 3 heterocycles. The van der Waals surface area contributed by atoms with Crippen LogP contribution in [0.15, 0.2) is 43.1 Å². The number of nitrogens with zero attached hydrogens (tertiary/aromatic N) is 4. The topological polar surface area (TPSA) is 94.0 Å². The number of benzene rings is 1. The molecule has 1 aliphatic rings. The molecule has 1 amide bonds. The standard InChI is InChI=1S/C18H15F3N6O2/c19-18(20,21)9-25-17-23-6-12(7-24-17)26-16(28)11-1-2-15-13(5-11)14-8-22-10-27(14)3-4-29-15/h1-2,5-8,10H,3-4,9H2,(H,26,28)(H,23,24,25). The number of halogens is 3. The van der Waals surface area contributed by atoms with Gasteiger partial charge in [0, 0.05) is 11.1 Å². The molecular weight excluding hydrogens is 389 g/mol. The molecule has 1 aromatic carbocycles. The molecule has 29 heavy (non-hydrogen) atoms. The Kier molecular flexibility index (Phi) is 4.79. The Bertz CT molecular complexity index is 1030. The molecule has 4 rings (SSSR count). The van der Waals surface area contributed by atoms with Crippen LogP contribution in [-0.2, 0) is 6.54 Å². The molecule has 0 saturated carbocycles. The lowest BCUT2D eigenvalue weighted by Gasteiger charge is -2.10. The first-order valence-corrected chi connectivity index (χ1v) is 8.60. The number of aromatic nitrogens is 4. The number of amides is 1. The average Bonchev–Trinajstić information content (AvgIpc) is 3.08. The molecule has 0 unspecified atom stereocenters. The highest BCUT2D eigenvalue weighted by Crippen LogP contribution is 2.33. The first kappa shape index (κ1) is 18.7. The van der Waals surface area contributed by atoms with Crippen LogP contribution in [0, 0.1) is 0 Å². The number of alkyl halides is 3. The second-order valence-corrected chi connectivity index (χ2v) is 6.25. The van der Waals surface area contributed by atoms with E-state index in [0.29, 0.717) is 24.5 Å². The van der Waals surface area contributed by atoms with Gasteiger partial charge >= 0.3 is 6.18 Å². The van der Waals surface area contributed by atoms with E-state index in [9.17, 15) is 18.0 Å². The number of fused-ring (bicyclic) bond motifs is 3. The molecule has 2 N–H and O–H groups in total. The first-order valence-electron chi connectivity index (χ1n) is 8.60. The summed E-state index contributed by atoms with van der Waals surface area (Å²) in [5, 5.41) is 4.68. The van der Waals surface area contributed by atoms with Crippen LogP contribution in [0.25, 0.3) is 11.3 Å². The zero-order chi connectivity index (χ0) is 20.4. The molecule has 0 fully saturated rings. The van der Waals surface area contributed by atoms with Gasteiger partial charge in [-0.1, -0.05) is 0 Å². The van der Waals surface area contributed by atoms with Crippen molar-refractivity contribution in [1.29, 1.82) is 0 Å². The Hall–Kier alpha value is -3.63. The number of rotatable bonds is 4. The normalized spacial score (nSPS) is 12.9. The molecule has 2 aromatic heterocycles. The minimum absolute atomic E-state index is 0.184. The van der Waals surface area contributed by atoms with Gasteiger partial charge in [-0.15, -0.1) is 0 Å². The van der Waals surface area contributed by atoms with Crippen molar-refractivity contribution in [2.75, 3.05) is 23.8 Å². The van der Waals surface area contributed by atoms with Gasteiger partial charge in [0.2, 0.25) is 5.95 Å². The summed E-state index contributed by atoms with van der Waals surface area (Å²) >= 11 is 0. The average molecular weight is 404 g/mol. The van der Waals surface area contributed by atoms with Crippen molar-refractivity contribution in [1.82, 2.24) is 19.5 Å². The van der Waals surface area contributed by atoms with Crippen molar-refractivity contribution in [2.24, 2.45) is 0 Å². The second kappa shape index (κ2) is 7.41. The van der Waals surface area contributed by atoms with Crippen molar-refractivity contribution in [2.45, 2.75) is 12.7 Å². The van der Waals surface area contributed by atoms with Crippen molar-refractivity contribution in [3.63, 3.8) is 0 Å². The maximum Gasteiger partial charge on any atom is 0.405 e. The fraction of sp³-hybridized carbons (Fsp3) is 0.222. The van der Waals surface area contributed by atoms with E-state index in [-0.39, 0.29) is 11.6 Å². The Morgan fingerprint density at radius 2 is 2.00 bits per heavy atom. The third kappa shape index (κ3) is 4.28. The number of imidazole rings is 1. The second-order valence-electron chi connectivity index (χ2n) is 6.25. The summed E-state index contributed by atoms with van der Waals surface area (Å²) < 4.78 is 44.3. The van der Waals surface area contributed by atoms with Gasteiger partial charge < -0.3 is 19.9 Å². The molecule has 1 aliphatic heterocycles. The Morgan fingerprint density at radius 3 is 2.76 bits per heavy atom. The van der Waals surface area contributed by atoms with E-state index in [2.05, 4.69) is 25.6 Å². The largest absolute Gasteiger partial charge is 0.491 e. The summed E-state index contributed by atoms with van der Waals surface area (Å²) in [4.78, 5) is 24.3. The minimum Gasteiger partial charge on any atom is -0.491 e. The van der Waals surface area contributed by atoms with E-state index in [1.54, 1.807) is 30.7 Å². The predicted molar refractivity (Wildman–Crippen MR) is 97.7 cm³/mol. The smallest absolute Gasteiger partial charge is 0.405 e. The Morgan fingerprint density at radius 1 is 1.21 bits per heavy atom. The van der Waals surface area contributed by atoms with E-state index in [1.165, 1.54) is 12.4 Å². The fourth-order valence-electron chi connectivity index (χ4n) is 2.84. The zero-order valence-corrected chi connectivity index (χ0v) is 14.9. The minimum atomic E-state index is -4.37. The summed E-state index contributed by atoms with van der Waals surface area (Å²) in [6.45, 7) is -0.0992. The summed E-state index contributed by atoms with van der Waals surface area (Å²) in [5.74, 6) is 0.0581. The van der Waals surface area contributed by atoms with Crippen LogP contribution < -0.4 is 15.4 Å². The van der Waals surface area contributed by atoms with E-state index in [0.717, 1.165) is 11.3 Å². The number of ether oxygens (including phenoxy) is 1. The number of nitrogens with one attached hydrogen (secondary N) is 2. The van der Waals surface area contributed by atoms with E-state index >= 15 is 0 Å². The van der Waals surface area contributed by atoms with Crippen LogP contribution in [0.2, 0.25) is 0 Å². The van der Waals surface area contributed by atoms with Gasteiger partial charge in [-0.05, 0) is 18.2 Å². The zero-order valence-electron chi connectivity index (χ0n) is 14.9. The van der Waals surface area contributed by atoms with E-state index in [1.807, 2.05) is 4.57 Å². The summed E-state index contributed by atoms with van der Waals surface area (Å²) in [6.07, 6.45) is 1.49. The monoisotopic (exact) mass is 404 g/mol. The SMILES string of the molecule is O=C(Nc1cnc(NCC(F)(F)F)nc1)c1ccc2c(c1)-c1cncn1CCO2. The quantitative estimate of drug-likeness (QED) is 0.695. The molecule has 0 spiro atoms. The maximum absolute atomic E-state index is 12.6. The number of carbonyl (C=O) groups excluding carboxylic acids is 1. The molecule has 150 valence electrons. The van der Waals surface area contributed by atoms with E-state index in [4.69, 9.17) is 4.74 Å². The van der Waals surface area contributed by atoms with Gasteiger partial charge in [0.05, 0.1) is 42.8 Å². The number of hydrogen-bond donors (Lipinski definition) is 2. The van der Waals surface area contributed by atoms with Gasteiger partial charge in [0.15, 0.2) is 0 Å². The molecule has 0 saturated heterocycles. The van der Waals surface area contributed by atoms with Gasteiger partial charge in [-0.3, -0.25) is 4.79 Å². The maximum atomic E-state index is 12.6. The number of hydrogen-bond acceptors (Lipinski definition) is 6. The van der Waals surface area contributed by atoms with Crippen LogP contribution in [-0.4, -0.2) is 44.8 Å². The Labute approximate surface area is 162 Å². The molecule has 11 heteroatoms. The van der Waals surface area contributed by atoms with Crippen molar-refractivity contribution in [3.8, 4) is 17.0 Å². The summed E-state index contributed by atoms with van der Waals surface area (Å²) in [7, 11) is 0. The lowest BCUT2D eigenvalue weighted by Crippen LogP contribution is -2.22. The first-order chi connectivity index (χ1) is 13.9. The highest BCUT2D eigenvalue weighted by atomic mass is 19.4. The van der Waals surface area contributed by atoms with Crippen molar-refractivity contribution >= 4 is 17.5 Å². The lowest BCUT2D eigenvalue weighted by atomic mass is 10.1. The number of anilines is 2. The Balaban J connectivity index is 1.49. The molecule has 0 aliphatic carbocycles. The predicted octanol–water partition coefficient (Wildman–Crippen LogP) is 2.96. The van der Waals surface area contributed by atoms with Crippen LogP contribution in [0.1, 0.15) is 10.4 Å². The van der Waals surface area contributed by atoms with Crippen LogP contribution in [0.3, 0.4) is 0 Å². The highest BCUT2D eigenvalue weighted by Gasteiger charge is 2.27. The molecule has 0 bridgehead atoms. The summed E-state index contributed by atoms with van der Waals surface area (Å²) in [6, 6.07) is 5.04. The molecule has 0 radical (unpaired) electrons. The molecular formula is C18H15F3N6O2. The lowest BCUT2D eigenvalue weighted by molar-refractivity contribution is -0.115. The van der Waals surface area contributed by atoms with Crippen molar-refractivity contribution in [3.05, 3.63) is 48.7 Å². The third-order valence-corrected chi connectivity index (χ3v) is 4.18. The summed E-state index contributed by atoms with van der Waals surface area (Å²) in [5.41, 5.74) is 2.22. The fourth-order valence-corrected chi connectivity index (χ4v) is 2.84. The molecule has 0 atom stereocenters. The van der Waals surface area contributed by atoms with Gasteiger partial charge in [-0.25, -0.2) is 15.0 Å². The van der Waals surface area contributed by atoms with Crippen LogP contribution in [0.5, 0.6) is 5.75 Å².